The van der Waals surface area contributed by atoms with Gasteiger partial charge in [-0.25, -0.2) is 4.68 Å². The highest BCUT2D eigenvalue weighted by Crippen LogP contribution is 2.37. The molecule has 1 amide bonds. The van der Waals surface area contributed by atoms with E-state index in [1.165, 1.54) is 28.9 Å². The number of halogens is 7. The maximum Gasteiger partial charge on any atom is 0.435 e. The van der Waals surface area contributed by atoms with Crippen LogP contribution in [0.15, 0.2) is 42.5 Å². The molecule has 1 heterocycles. The van der Waals surface area contributed by atoms with Crippen molar-refractivity contribution < 1.29 is 31.1 Å². The summed E-state index contributed by atoms with van der Waals surface area (Å²) in [7, 11) is 0. The van der Waals surface area contributed by atoms with Crippen LogP contribution in [-0.2, 0) is 25.2 Å². The summed E-state index contributed by atoms with van der Waals surface area (Å²) in [4.78, 5) is 12.5. The molecule has 4 nitrogen and oxygen atoms in total. The van der Waals surface area contributed by atoms with Crippen molar-refractivity contribution in [3.63, 3.8) is 0 Å². The second-order valence-corrected chi connectivity index (χ2v) is 7.99. The Balaban J connectivity index is 1.60. The Hall–Kier alpha value is -3.01. The molecule has 2 aromatic carbocycles. The van der Waals surface area contributed by atoms with E-state index in [9.17, 15) is 31.1 Å². The summed E-state index contributed by atoms with van der Waals surface area (Å²) in [6.45, 7) is 0. The molecule has 11 heteroatoms. The Morgan fingerprint density at radius 2 is 1.61 bits per heavy atom. The van der Waals surface area contributed by atoms with E-state index in [1.807, 2.05) is 0 Å². The molecular formula is C22H16ClF6N3O. The molecule has 33 heavy (non-hydrogen) atoms. The second kappa shape index (κ2) is 8.40. The van der Waals surface area contributed by atoms with Crippen molar-refractivity contribution in [2.24, 2.45) is 0 Å². The lowest BCUT2D eigenvalue weighted by molar-refractivity contribution is -0.142. The van der Waals surface area contributed by atoms with Crippen molar-refractivity contribution in [3.05, 3.63) is 75.6 Å². The van der Waals surface area contributed by atoms with Crippen molar-refractivity contribution in [1.29, 1.82) is 0 Å². The normalized spacial score (nSPS) is 14.2. The van der Waals surface area contributed by atoms with Gasteiger partial charge >= 0.3 is 12.4 Å². The van der Waals surface area contributed by atoms with Crippen LogP contribution in [0, 0.1) is 0 Å². The fourth-order valence-electron chi connectivity index (χ4n) is 3.79. The van der Waals surface area contributed by atoms with Crippen molar-refractivity contribution in [2.75, 3.05) is 5.32 Å². The summed E-state index contributed by atoms with van der Waals surface area (Å²) < 4.78 is 80.2. The number of hydrogen-bond acceptors (Lipinski definition) is 2. The highest BCUT2D eigenvalue weighted by atomic mass is 35.5. The maximum absolute atomic E-state index is 13.4. The molecule has 1 aromatic heterocycles. The fourth-order valence-corrected chi connectivity index (χ4v) is 3.95. The lowest BCUT2D eigenvalue weighted by atomic mass is 9.95. The first kappa shape index (κ1) is 23.2. The van der Waals surface area contributed by atoms with Crippen LogP contribution in [0.2, 0.25) is 5.02 Å². The average molecular weight is 488 g/mol. The number of amides is 1. The molecule has 0 fully saturated rings. The molecule has 1 aliphatic rings. The summed E-state index contributed by atoms with van der Waals surface area (Å²) in [6.07, 6.45) is -7.04. The van der Waals surface area contributed by atoms with Gasteiger partial charge in [0, 0.05) is 16.8 Å². The van der Waals surface area contributed by atoms with Gasteiger partial charge in [-0.2, -0.15) is 31.4 Å². The zero-order chi connectivity index (χ0) is 24.0. The number of carbonyl (C=O) groups excluding carboxylic acids is 1. The number of anilines is 1. The molecule has 0 unspecified atom stereocenters. The topological polar surface area (TPSA) is 46.9 Å². The number of hydrogen-bond donors (Lipinski definition) is 1. The molecule has 3 aromatic rings. The minimum atomic E-state index is -4.61. The Kier molecular flexibility index (Phi) is 5.90. The molecule has 1 N–H and O–H groups in total. The number of carbonyl (C=O) groups is 1. The van der Waals surface area contributed by atoms with Gasteiger partial charge in [-0.3, -0.25) is 4.79 Å². The van der Waals surface area contributed by atoms with Gasteiger partial charge in [0.2, 0.25) is 0 Å². The third-order valence-corrected chi connectivity index (χ3v) is 5.69. The molecule has 0 saturated heterocycles. The lowest BCUT2D eigenvalue weighted by Crippen LogP contribution is -2.14. The summed E-state index contributed by atoms with van der Waals surface area (Å²) in [5.74, 6) is -0.721. The predicted octanol–water partition coefficient (Wildman–Crippen LogP) is 6.69. The Morgan fingerprint density at radius 3 is 2.24 bits per heavy atom. The first-order valence-corrected chi connectivity index (χ1v) is 10.3. The highest BCUT2D eigenvalue weighted by Gasteiger charge is 2.39. The second-order valence-electron chi connectivity index (χ2n) is 7.58. The Bertz CT molecular complexity index is 1200. The molecule has 0 spiro atoms. The van der Waals surface area contributed by atoms with E-state index in [2.05, 4.69) is 10.4 Å². The molecule has 4 rings (SSSR count). The first-order chi connectivity index (χ1) is 15.4. The van der Waals surface area contributed by atoms with E-state index < -0.39 is 29.5 Å². The van der Waals surface area contributed by atoms with Gasteiger partial charge in [0.1, 0.15) is 0 Å². The van der Waals surface area contributed by atoms with E-state index in [-0.39, 0.29) is 21.8 Å². The van der Waals surface area contributed by atoms with Crippen LogP contribution in [0.3, 0.4) is 0 Å². The summed E-state index contributed by atoms with van der Waals surface area (Å²) in [5, 5.41) is 6.04. The van der Waals surface area contributed by atoms with Crippen molar-refractivity contribution >= 4 is 23.2 Å². The van der Waals surface area contributed by atoms with E-state index in [0.717, 1.165) is 24.6 Å². The van der Waals surface area contributed by atoms with Gasteiger partial charge in [-0.15, -0.1) is 0 Å². The Morgan fingerprint density at radius 1 is 0.939 bits per heavy atom. The van der Waals surface area contributed by atoms with Gasteiger partial charge in [0.05, 0.1) is 22.0 Å². The number of fused-ring (bicyclic) bond motifs is 1. The van der Waals surface area contributed by atoms with Crippen molar-refractivity contribution in [3.8, 4) is 5.69 Å². The van der Waals surface area contributed by atoms with Gasteiger partial charge in [-0.1, -0.05) is 11.6 Å². The quantitative estimate of drug-likeness (QED) is 0.418. The molecule has 0 aliphatic heterocycles. The SMILES string of the molecule is O=C(Nc1cc(C(F)(F)F)ccc1Cl)c1ccc(-n2nc(C(F)(F)F)c3c2CCCC3)cc1. The molecule has 0 atom stereocenters. The zero-order valence-corrected chi connectivity index (χ0v) is 17.6. The van der Waals surface area contributed by atoms with E-state index in [4.69, 9.17) is 11.6 Å². The standard InChI is InChI=1S/C22H16ClF6N3O/c23-16-10-7-13(21(24,25)26)11-17(16)30-20(33)12-5-8-14(9-6-12)32-18-4-2-1-3-15(18)19(31-32)22(27,28)29/h5-11H,1-4H2,(H,30,33). The van der Waals surface area contributed by atoms with Crippen LogP contribution < -0.4 is 5.32 Å². The fraction of sp³-hybridized carbons (Fsp3) is 0.273. The number of aromatic nitrogens is 2. The van der Waals surface area contributed by atoms with Crippen molar-refractivity contribution in [2.45, 2.75) is 38.0 Å². The minimum Gasteiger partial charge on any atom is -0.321 e. The van der Waals surface area contributed by atoms with Gasteiger partial charge < -0.3 is 5.32 Å². The highest BCUT2D eigenvalue weighted by molar-refractivity contribution is 6.34. The largest absolute Gasteiger partial charge is 0.435 e. The van der Waals surface area contributed by atoms with Gasteiger partial charge in [0.25, 0.3) is 5.91 Å². The zero-order valence-electron chi connectivity index (χ0n) is 16.8. The Labute approximate surface area is 189 Å². The van der Waals surface area contributed by atoms with Crippen LogP contribution >= 0.6 is 11.6 Å². The van der Waals surface area contributed by atoms with Crippen LogP contribution in [-0.4, -0.2) is 15.7 Å². The number of rotatable bonds is 3. The number of nitrogens with one attached hydrogen (secondary N) is 1. The first-order valence-electron chi connectivity index (χ1n) is 9.91. The smallest absolute Gasteiger partial charge is 0.321 e. The van der Waals surface area contributed by atoms with Crippen LogP contribution in [0.5, 0.6) is 0 Å². The van der Waals surface area contributed by atoms with Gasteiger partial charge in [0.15, 0.2) is 5.69 Å². The number of alkyl halides is 6. The third-order valence-electron chi connectivity index (χ3n) is 5.36. The summed E-state index contributed by atoms with van der Waals surface area (Å²) in [5.41, 5.74) is -0.978. The maximum atomic E-state index is 13.4. The monoisotopic (exact) mass is 487 g/mol. The van der Waals surface area contributed by atoms with E-state index >= 15 is 0 Å². The number of benzene rings is 2. The minimum absolute atomic E-state index is 0.0733. The molecular weight excluding hydrogens is 472 g/mol. The molecule has 174 valence electrons. The van der Waals surface area contributed by atoms with E-state index in [1.54, 1.807) is 0 Å². The van der Waals surface area contributed by atoms with Crippen LogP contribution in [0.4, 0.5) is 32.0 Å². The van der Waals surface area contributed by atoms with Crippen LogP contribution in [0.1, 0.15) is 45.7 Å². The van der Waals surface area contributed by atoms with Crippen LogP contribution in [0.25, 0.3) is 5.69 Å². The molecule has 1 aliphatic carbocycles. The third kappa shape index (κ3) is 4.71. The van der Waals surface area contributed by atoms with Gasteiger partial charge in [-0.05, 0) is 68.1 Å². The molecule has 0 bridgehead atoms. The number of nitrogens with zero attached hydrogens (tertiary/aromatic N) is 2. The van der Waals surface area contributed by atoms with Crippen molar-refractivity contribution in [1.82, 2.24) is 9.78 Å². The average Bonchev–Trinajstić information content (AvgIpc) is 3.15. The predicted molar refractivity (Wildman–Crippen MR) is 110 cm³/mol. The summed E-state index contributed by atoms with van der Waals surface area (Å²) in [6, 6.07) is 8.14. The lowest BCUT2D eigenvalue weighted by Gasteiger charge is -2.15. The van der Waals surface area contributed by atoms with E-state index in [0.29, 0.717) is 30.6 Å². The summed E-state index contributed by atoms with van der Waals surface area (Å²) >= 11 is 5.90. The molecule has 0 saturated carbocycles. The molecule has 0 radical (unpaired) electrons.